The van der Waals surface area contributed by atoms with Gasteiger partial charge in [-0.1, -0.05) is 6.07 Å². The van der Waals surface area contributed by atoms with Gasteiger partial charge in [-0.2, -0.15) is 5.26 Å². The molecular formula is C17H18N4O2. The van der Waals surface area contributed by atoms with Gasteiger partial charge in [-0.05, 0) is 36.1 Å². The fourth-order valence-corrected chi connectivity index (χ4v) is 3.12. The van der Waals surface area contributed by atoms with Crippen molar-refractivity contribution in [2.45, 2.75) is 26.4 Å². The minimum atomic E-state index is -0.347. The van der Waals surface area contributed by atoms with Gasteiger partial charge in [-0.15, -0.1) is 0 Å². The summed E-state index contributed by atoms with van der Waals surface area (Å²) in [5.41, 5.74) is 5.25. The van der Waals surface area contributed by atoms with Gasteiger partial charge >= 0.3 is 0 Å². The zero-order valence-electron chi connectivity index (χ0n) is 13.2. The second-order valence-corrected chi connectivity index (χ2v) is 5.98. The Balaban J connectivity index is 1.81. The fourth-order valence-electron chi connectivity index (χ4n) is 3.12. The molecule has 0 radical (unpaired) electrons. The lowest BCUT2D eigenvalue weighted by atomic mass is 9.98. The minimum Gasteiger partial charge on any atom is -0.340 e. The molecule has 0 spiro atoms. The van der Waals surface area contributed by atoms with Crippen LogP contribution in [0.5, 0.6) is 0 Å². The lowest BCUT2D eigenvalue weighted by Crippen LogP contribution is -2.30. The SMILES string of the molecule is Cc1c(CN2CCc3ccc([N+](=O)[O-])cc3C2)cc(C#N)n1C. The molecule has 0 amide bonds. The van der Waals surface area contributed by atoms with Crippen molar-refractivity contribution in [2.75, 3.05) is 6.54 Å². The number of nitro groups is 1. The monoisotopic (exact) mass is 310 g/mol. The first-order valence-electron chi connectivity index (χ1n) is 7.53. The van der Waals surface area contributed by atoms with Crippen molar-refractivity contribution >= 4 is 5.69 Å². The average molecular weight is 310 g/mol. The van der Waals surface area contributed by atoms with Crippen LogP contribution in [0.3, 0.4) is 0 Å². The Kier molecular flexibility index (Phi) is 3.89. The molecule has 0 unspecified atom stereocenters. The van der Waals surface area contributed by atoms with Crippen molar-refractivity contribution < 1.29 is 4.92 Å². The molecule has 1 aromatic carbocycles. The van der Waals surface area contributed by atoms with Crippen molar-refractivity contribution in [3.8, 4) is 6.07 Å². The van der Waals surface area contributed by atoms with Gasteiger partial charge in [-0.3, -0.25) is 15.0 Å². The Hall–Kier alpha value is -2.65. The second kappa shape index (κ2) is 5.86. The molecule has 0 N–H and O–H groups in total. The number of rotatable bonds is 3. The summed E-state index contributed by atoms with van der Waals surface area (Å²) in [5.74, 6) is 0. The van der Waals surface area contributed by atoms with Crippen LogP contribution in [-0.4, -0.2) is 20.9 Å². The zero-order valence-corrected chi connectivity index (χ0v) is 13.2. The van der Waals surface area contributed by atoms with Crippen LogP contribution in [0, 0.1) is 28.4 Å². The molecule has 1 aromatic heterocycles. The molecule has 118 valence electrons. The van der Waals surface area contributed by atoms with Crippen LogP contribution in [0.1, 0.15) is 28.1 Å². The van der Waals surface area contributed by atoms with E-state index in [1.165, 1.54) is 5.56 Å². The topological polar surface area (TPSA) is 75.1 Å². The first kappa shape index (κ1) is 15.3. The number of nitro benzene ring substituents is 1. The molecule has 1 aliphatic rings. The molecule has 1 aliphatic heterocycles. The number of hydrogen-bond acceptors (Lipinski definition) is 4. The van der Waals surface area contributed by atoms with Gasteiger partial charge in [0.2, 0.25) is 0 Å². The predicted octanol–water partition coefficient (Wildman–Crippen LogP) is 2.67. The molecule has 23 heavy (non-hydrogen) atoms. The first-order chi connectivity index (χ1) is 11.0. The molecule has 0 aliphatic carbocycles. The van der Waals surface area contributed by atoms with Crippen molar-refractivity contribution in [1.29, 1.82) is 5.26 Å². The van der Waals surface area contributed by atoms with Gasteiger partial charge < -0.3 is 4.57 Å². The van der Waals surface area contributed by atoms with Gasteiger partial charge in [-0.25, -0.2) is 0 Å². The van der Waals surface area contributed by atoms with E-state index in [9.17, 15) is 10.1 Å². The number of non-ortho nitro benzene ring substituents is 1. The quantitative estimate of drug-likeness (QED) is 0.645. The third-order valence-corrected chi connectivity index (χ3v) is 4.64. The van der Waals surface area contributed by atoms with E-state index in [2.05, 4.69) is 11.0 Å². The fraction of sp³-hybridized carbons (Fsp3) is 0.353. The summed E-state index contributed by atoms with van der Waals surface area (Å²) in [4.78, 5) is 12.9. The summed E-state index contributed by atoms with van der Waals surface area (Å²) in [6.45, 7) is 4.39. The van der Waals surface area contributed by atoms with Crippen LogP contribution in [0.2, 0.25) is 0 Å². The van der Waals surface area contributed by atoms with Gasteiger partial charge in [0.25, 0.3) is 5.69 Å². The van der Waals surface area contributed by atoms with E-state index in [0.717, 1.165) is 36.3 Å². The van der Waals surface area contributed by atoms with Crippen molar-refractivity contribution in [1.82, 2.24) is 9.47 Å². The van der Waals surface area contributed by atoms with Gasteiger partial charge in [0.05, 0.1) is 4.92 Å². The third kappa shape index (κ3) is 2.83. The molecule has 0 saturated heterocycles. The molecule has 0 bridgehead atoms. The van der Waals surface area contributed by atoms with Crippen molar-refractivity contribution in [3.63, 3.8) is 0 Å². The lowest BCUT2D eigenvalue weighted by molar-refractivity contribution is -0.385. The first-order valence-corrected chi connectivity index (χ1v) is 7.53. The normalized spacial score (nSPS) is 14.3. The largest absolute Gasteiger partial charge is 0.340 e. The zero-order chi connectivity index (χ0) is 16.6. The number of nitrogens with zero attached hydrogens (tertiary/aromatic N) is 4. The molecule has 6 nitrogen and oxygen atoms in total. The number of benzene rings is 1. The summed E-state index contributed by atoms with van der Waals surface area (Å²) >= 11 is 0. The Morgan fingerprint density at radius 2 is 2.13 bits per heavy atom. The Bertz CT molecular complexity index is 817. The third-order valence-electron chi connectivity index (χ3n) is 4.64. The standard InChI is InChI=1S/C17H18N4O2/c1-12-14(7-17(9-18)19(12)2)10-20-6-5-13-3-4-16(21(22)23)8-15(13)11-20/h3-4,7-8H,5-6,10-11H2,1-2H3. The molecule has 0 saturated carbocycles. The molecule has 3 rings (SSSR count). The van der Waals surface area contributed by atoms with E-state index in [-0.39, 0.29) is 10.6 Å². The summed E-state index contributed by atoms with van der Waals surface area (Å²) < 4.78 is 1.90. The maximum atomic E-state index is 10.9. The summed E-state index contributed by atoms with van der Waals surface area (Å²) in [6, 6.07) is 9.25. The Morgan fingerprint density at radius 1 is 1.35 bits per heavy atom. The van der Waals surface area contributed by atoms with Crippen LogP contribution in [0.4, 0.5) is 5.69 Å². The summed E-state index contributed by atoms with van der Waals surface area (Å²) in [5, 5.41) is 20.1. The number of aromatic nitrogens is 1. The van der Waals surface area contributed by atoms with E-state index < -0.39 is 0 Å². The average Bonchev–Trinajstić information content (AvgIpc) is 2.82. The summed E-state index contributed by atoms with van der Waals surface area (Å²) in [6.07, 6.45) is 0.893. The van der Waals surface area contributed by atoms with Crippen LogP contribution in [0.15, 0.2) is 24.3 Å². The molecule has 0 fully saturated rings. The van der Waals surface area contributed by atoms with Gasteiger partial charge in [0.1, 0.15) is 11.8 Å². The predicted molar refractivity (Wildman–Crippen MR) is 85.8 cm³/mol. The van der Waals surface area contributed by atoms with Gasteiger partial charge in [0, 0.05) is 44.5 Å². The van der Waals surface area contributed by atoms with Crippen molar-refractivity contribution in [3.05, 3.63) is 62.5 Å². The number of hydrogen-bond donors (Lipinski definition) is 0. The van der Waals surface area contributed by atoms with E-state index in [1.807, 2.05) is 30.7 Å². The van der Waals surface area contributed by atoms with Gasteiger partial charge in [0.15, 0.2) is 0 Å². The second-order valence-electron chi connectivity index (χ2n) is 5.98. The number of nitriles is 1. The highest BCUT2D eigenvalue weighted by atomic mass is 16.6. The highest BCUT2D eigenvalue weighted by Gasteiger charge is 2.20. The smallest absolute Gasteiger partial charge is 0.269 e. The highest BCUT2D eigenvalue weighted by Crippen LogP contribution is 2.25. The van der Waals surface area contributed by atoms with E-state index in [4.69, 9.17) is 5.26 Å². The minimum absolute atomic E-state index is 0.147. The molecule has 0 atom stereocenters. The molecule has 2 heterocycles. The Labute approximate surface area is 134 Å². The van der Waals surface area contributed by atoms with E-state index in [1.54, 1.807) is 12.1 Å². The van der Waals surface area contributed by atoms with Crippen LogP contribution in [-0.2, 0) is 26.6 Å². The van der Waals surface area contributed by atoms with Crippen LogP contribution in [0.25, 0.3) is 0 Å². The number of fused-ring (bicyclic) bond motifs is 1. The maximum absolute atomic E-state index is 10.9. The lowest BCUT2D eigenvalue weighted by Gasteiger charge is -2.28. The van der Waals surface area contributed by atoms with Crippen LogP contribution >= 0.6 is 0 Å². The summed E-state index contributed by atoms with van der Waals surface area (Å²) in [7, 11) is 1.90. The van der Waals surface area contributed by atoms with Crippen molar-refractivity contribution in [2.24, 2.45) is 7.05 Å². The van der Waals surface area contributed by atoms with E-state index >= 15 is 0 Å². The molecule has 2 aromatic rings. The molecular weight excluding hydrogens is 292 g/mol. The maximum Gasteiger partial charge on any atom is 0.269 e. The van der Waals surface area contributed by atoms with E-state index in [0.29, 0.717) is 12.2 Å². The van der Waals surface area contributed by atoms with Crippen LogP contribution < -0.4 is 0 Å². The Morgan fingerprint density at radius 3 is 2.78 bits per heavy atom. The molecule has 6 heteroatoms. The highest BCUT2D eigenvalue weighted by molar-refractivity contribution is 5.41.